The topological polar surface area (TPSA) is 29.5 Å². The van der Waals surface area contributed by atoms with Crippen molar-refractivity contribution in [3.05, 3.63) is 0 Å². The van der Waals surface area contributed by atoms with Crippen molar-refractivity contribution in [2.24, 2.45) is 5.92 Å². The first-order valence-electron chi connectivity index (χ1n) is 3.82. The summed E-state index contributed by atoms with van der Waals surface area (Å²) in [4.78, 5) is 0. The molecular weight excluding hydrogens is 173 g/mol. The first kappa shape index (κ1) is 9.80. The van der Waals surface area contributed by atoms with Gasteiger partial charge in [0.2, 0.25) is 0 Å². The Morgan fingerprint density at radius 1 is 1.50 bits per heavy atom. The number of ether oxygens (including phenoxy) is 1. The summed E-state index contributed by atoms with van der Waals surface area (Å²) < 4.78 is 40.3. The second-order valence-electron chi connectivity index (χ2n) is 3.02. The molecule has 0 bridgehead atoms. The minimum Gasteiger partial charge on any atom is -0.384 e. The number of hydrogen-bond donors (Lipinski definition) is 1. The molecule has 1 fully saturated rings. The van der Waals surface area contributed by atoms with E-state index in [1.54, 1.807) is 0 Å². The van der Waals surface area contributed by atoms with Gasteiger partial charge in [0.15, 0.2) is 0 Å². The third-order valence-corrected chi connectivity index (χ3v) is 1.96. The molecule has 2 nitrogen and oxygen atoms in total. The third kappa shape index (κ3) is 2.64. The standard InChI is InChI=1S/C7H11F3O2/c8-7(9,10)6(11)3-5-1-2-12-4-5/h5-6,11H,1-4H2/t5?,6-/m1/s1. The molecule has 0 radical (unpaired) electrons. The zero-order chi connectivity index (χ0) is 9.19. The van der Waals surface area contributed by atoms with Gasteiger partial charge in [0, 0.05) is 13.2 Å². The average molecular weight is 184 g/mol. The van der Waals surface area contributed by atoms with Crippen molar-refractivity contribution in [2.45, 2.75) is 25.1 Å². The number of halogens is 3. The van der Waals surface area contributed by atoms with Gasteiger partial charge in [-0.1, -0.05) is 0 Å². The Balaban J connectivity index is 2.30. The lowest BCUT2D eigenvalue weighted by Gasteiger charge is -2.16. The summed E-state index contributed by atoms with van der Waals surface area (Å²) in [6.07, 6.45) is -6.29. The van der Waals surface area contributed by atoms with Gasteiger partial charge in [-0.05, 0) is 18.8 Å². The monoisotopic (exact) mass is 184 g/mol. The van der Waals surface area contributed by atoms with Crippen LogP contribution in [0.15, 0.2) is 0 Å². The summed E-state index contributed by atoms with van der Waals surface area (Å²) in [6.45, 7) is 0.850. The van der Waals surface area contributed by atoms with E-state index in [2.05, 4.69) is 0 Å². The van der Waals surface area contributed by atoms with Crippen LogP contribution < -0.4 is 0 Å². The van der Waals surface area contributed by atoms with E-state index >= 15 is 0 Å². The molecule has 1 aliphatic heterocycles. The molecule has 0 saturated carbocycles. The molecule has 1 rings (SSSR count). The van der Waals surface area contributed by atoms with Gasteiger partial charge in [0.25, 0.3) is 0 Å². The van der Waals surface area contributed by atoms with Gasteiger partial charge < -0.3 is 9.84 Å². The van der Waals surface area contributed by atoms with Gasteiger partial charge in [0.1, 0.15) is 6.10 Å². The van der Waals surface area contributed by atoms with Crippen molar-refractivity contribution in [1.82, 2.24) is 0 Å². The second-order valence-corrected chi connectivity index (χ2v) is 3.02. The Morgan fingerprint density at radius 2 is 2.17 bits per heavy atom. The highest BCUT2D eigenvalue weighted by Crippen LogP contribution is 2.27. The number of rotatable bonds is 2. The fraction of sp³-hybridized carbons (Fsp3) is 1.00. The molecule has 0 aromatic heterocycles. The number of hydrogen-bond acceptors (Lipinski definition) is 2. The Bertz CT molecular complexity index is 140. The van der Waals surface area contributed by atoms with Crippen molar-refractivity contribution in [3.8, 4) is 0 Å². The Hall–Kier alpha value is -0.290. The second kappa shape index (κ2) is 3.62. The molecule has 1 aliphatic rings. The number of alkyl halides is 3. The normalized spacial score (nSPS) is 27.5. The molecule has 0 aliphatic carbocycles. The maximum absolute atomic E-state index is 11.8. The van der Waals surface area contributed by atoms with E-state index < -0.39 is 12.3 Å². The van der Waals surface area contributed by atoms with E-state index in [1.165, 1.54) is 0 Å². The highest BCUT2D eigenvalue weighted by atomic mass is 19.4. The van der Waals surface area contributed by atoms with Crippen molar-refractivity contribution >= 4 is 0 Å². The van der Waals surface area contributed by atoms with E-state index in [0.29, 0.717) is 19.6 Å². The molecule has 5 heteroatoms. The Kier molecular flexibility index (Phi) is 2.95. The zero-order valence-electron chi connectivity index (χ0n) is 6.47. The smallest absolute Gasteiger partial charge is 0.384 e. The van der Waals surface area contributed by atoms with Gasteiger partial charge in [-0.2, -0.15) is 13.2 Å². The predicted molar refractivity (Wildman–Crippen MR) is 35.6 cm³/mol. The summed E-state index contributed by atoms with van der Waals surface area (Å²) in [5.74, 6) is -0.137. The maximum Gasteiger partial charge on any atom is 0.414 e. The number of aliphatic hydroxyl groups excluding tert-OH is 1. The van der Waals surface area contributed by atoms with E-state index in [9.17, 15) is 13.2 Å². The predicted octanol–water partition coefficient (Wildman–Crippen LogP) is 1.34. The van der Waals surface area contributed by atoms with E-state index in [-0.39, 0.29) is 12.3 Å². The third-order valence-electron chi connectivity index (χ3n) is 1.96. The van der Waals surface area contributed by atoms with E-state index in [1.807, 2.05) is 0 Å². The van der Waals surface area contributed by atoms with Crippen LogP contribution in [-0.2, 0) is 4.74 Å². The minimum atomic E-state index is -4.48. The van der Waals surface area contributed by atoms with E-state index in [0.717, 1.165) is 0 Å². The number of aliphatic hydroxyl groups is 1. The van der Waals surface area contributed by atoms with Gasteiger partial charge in [-0.15, -0.1) is 0 Å². The average Bonchev–Trinajstić information content (AvgIpc) is 2.37. The first-order valence-corrected chi connectivity index (χ1v) is 3.82. The SMILES string of the molecule is O[C@H](CC1CCOC1)C(F)(F)F. The molecule has 12 heavy (non-hydrogen) atoms. The van der Waals surface area contributed by atoms with Crippen molar-refractivity contribution in [2.75, 3.05) is 13.2 Å². The largest absolute Gasteiger partial charge is 0.414 e. The zero-order valence-corrected chi connectivity index (χ0v) is 6.47. The van der Waals surface area contributed by atoms with Crippen LogP contribution in [0.1, 0.15) is 12.8 Å². The highest BCUT2D eigenvalue weighted by Gasteiger charge is 2.39. The van der Waals surface area contributed by atoms with Crippen LogP contribution in [0.25, 0.3) is 0 Å². The molecule has 72 valence electrons. The fourth-order valence-electron chi connectivity index (χ4n) is 1.22. The van der Waals surface area contributed by atoms with E-state index in [4.69, 9.17) is 9.84 Å². The van der Waals surface area contributed by atoms with Crippen LogP contribution >= 0.6 is 0 Å². The Labute approximate surface area is 68.3 Å². The molecule has 0 aromatic rings. The quantitative estimate of drug-likeness (QED) is 0.701. The summed E-state index contributed by atoms with van der Waals surface area (Å²) in [7, 11) is 0. The fourth-order valence-corrected chi connectivity index (χ4v) is 1.22. The van der Waals surface area contributed by atoms with Gasteiger partial charge in [-0.3, -0.25) is 0 Å². The molecular formula is C7H11F3O2. The molecule has 1 unspecified atom stereocenters. The highest BCUT2D eigenvalue weighted by molar-refractivity contribution is 4.73. The maximum atomic E-state index is 11.8. The van der Waals surface area contributed by atoms with Crippen LogP contribution in [0.2, 0.25) is 0 Å². The summed E-state index contributed by atoms with van der Waals surface area (Å²) in [5, 5.41) is 8.67. The van der Waals surface area contributed by atoms with Crippen LogP contribution in [0, 0.1) is 5.92 Å². The van der Waals surface area contributed by atoms with Gasteiger partial charge in [-0.25, -0.2) is 0 Å². The summed E-state index contributed by atoms with van der Waals surface area (Å²) >= 11 is 0. The molecule has 1 N–H and O–H groups in total. The van der Waals surface area contributed by atoms with Crippen LogP contribution in [0.4, 0.5) is 13.2 Å². The lowest BCUT2D eigenvalue weighted by Crippen LogP contribution is -2.30. The summed E-state index contributed by atoms with van der Waals surface area (Å²) in [6, 6.07) is 0. The van der Waals surface area contributed by atoms with Crippen LogP contribution in [0.5, 0.6) is 0 Å². The molecule has 0 amide bonds. The first-order chi connectivity index (χ1) is 5.50. The molecule has 2 atom stereocenters. The van der Waals surface area contributed by atoms with Crippen molar-refractivity contribution < 1.29 is 23.0 Å². The van der Waals surface area contributed by atoms with Crippen molar-refractivity contribution in [3.63, 3.8) is 0 Å². The molecule has 1 heterocycles. The molecule has 0 spiro atoms. The van der Waals surface area contributed by atoms with Gasteiger partial charge in [0.05, 0.1) is 0 Å². The van der Waals surface area contributed by atoms with Crippen LogP contribution in [0.3, 0.4) is 0 Å². The van der Waals surface area contributed by atoms with Crippen molar-refractivity contribution in [1.29, 1.82) is 0 Å². The summed E-state index contributed by atoms with van der Waals surface area (Å²) in [5.41, 5.74) is 0. The Morgan fingerprint density at radius 3 is 2.58 bits per heavy atom. The minimum absolute atomic E-state index is 0.137. The van der Waals surface area contributed by atoms with Crippen LogP contribution in [-0.4, -0.2) is 30.6 Å². The molecule has 1 saturated heterocycles. The lowest BCUT2D eigenvalue weighted by molar-refractivity contribution is -0.208. The van der Waals surface area contributed by atoms with Gasteiger partial charge >= 0.3 is 6.18 Å². The lowest BCUT2D eigenvalue weighted by atomic mass is 10.0. The molecule has 0 aromatic carbocycles.